The molecule has 0 spiro atoms. The van der Waals surface area contributed by atoms with Gasteiger partial charge in [-0.25, -0.2) is 9.59 Å². The molecule has 0 saturated carbocycles. The number of aliphatic carboxylic acids is 2. The van der Waals surface area contributed by atoms with E-state index in [0.29, 0.717) is 33.0 Å². The molecule has 4 N–H and O–H groups in total. The van der Waals surface area contributed by atoms with Crippen molar-refractivity contribution in [3.05, 3.63) is 69.7 Å². The molecular weight excluding hydrogens is 687 g/mol. The summed E-state index contributed by atoms with van der Waals surface area (Å²) in [4.78, 5) is 53.2. The van der Waals surface area contributed by atoms with Crippen LogP contribution >= 0.6 is 23.2 Å². The minimum atomic E-state index is -2.27. The number of aliphatic hydroxyl groups is 2. The van der Waals surface area contributed by atoms with Crippen LogP contribution in [-0.2, 0) is 9.59 Å². The molecule has 2 aromatic carbocycles. The molecule has 0 aromatic heterocycles. The van der Waals surface area contributed by atoms with E-state index < -0.39 is 24.1 Å². The number of aliphatic hydroxyl groups excluding tert-OH is 2. The van der Waals surface area contributed by atoms with E-state index >= 15 is 0 Å². The van der Waals surface area contributed by atoms with Gasteiger partial charge in [0, 0.05) is 60.4 Å². The van der Waals surface area contributed by atoms with Crippen LogP contribution in [0, 0.1) is 11.8 Å². The van der Waals surface area contributed by atoms with E-state index in [4.69, 9.17) is 43.6 Å². The number of halogens is 2. The summed E-state index contributed by atoms with van der Waals surface area (Å²) in [6.45, 7) is 15.3. The van der Waals surface area contributed by atoms with Crippen molar-refractivity contribution >= 4 is 47.0 Å². The Kier molecular flexibility index (Phi) is 17.6. The number of rotatable bonds is 13. The van der Waals surface area contributed by atoms with Gasteiger partial charge < -0.3 is 40.0 Å². The number of benzene rings is 2. The van der Waals surface area contributed by atoms with Crippen molar-refractivity contribution in [2.45, 2.75) is 64.8 Å². The monoisotopic (exact) mass is 738 g/mol. The maximum absolute atomic E-state index is 12.6. The van der Waals surface area contributed by atoms with Crippen LogP contribution in [0.4, 0.5) is 0 Å². The number of carboxylic acids is 2. The minimum Gasteiger partial charge on any atom is -0.479 e. The summed E-state index contributed by atoms with van der Waals surface area (Å²) >= 11 is 11.7. The summed E-state index contributed by atoms with van der Waals surface area (Å²) in [6, 6.07) is 14.7. The molecule has 2 fully saturated rings. The summed E-state index contributed by atoms with van der Waals surface area (Å²) in [5.41, 5.74) is 1.40. The largest absolute Gasteiger partial charge is 0.479 e. The van der Waals surface area contributed by atoms with E-state index in [0.717, 1.165) is 39.3 Å². The predicted octanol–water partition coefficient (Wildman–Crippen LogP) is 4.16. The first-order chi connectivity index (χ1) is 23.4. The highest BCUT2D eigenvalue weighted by Gasteiger charge is 2.30. The van der Waals surface area contributed by atoms with Gasteiger partial charge in [0.25, 0.3) is 11.8 Å². The lowest BCUT2D eigenvalue weighted by molar-refractivity contribution is -0.165. The molecule has 278 valence electrons. The van der Waals surface area contributed by atoms with E-state index in [1.807, 2.05) is 23.9 Å². The maximum Gasteiger partial charge on any atom is 0.335 e. The Bertz CT molecular complexity index is 1280. The third kappa shape index (κ3) is 13.1. The molecule has 0 bridgehead atoms. The van der Waals surface area contributed by atoms with Gasteiger partial charge in [0.2, 0.25) is 0 Å². The molecule has 2 amide bonds. The molecule has 14 heteroatoms. The zero-order valence-electron chi connectivity index (χ0n) is 29.7. The van der Waals surface area contributed by atoms with Crippen molar-refractivity contribution < 1.29 is 39.6 Å². The van der Waals surface area contributed by atoms with Crippen LogP contribution < -0.4 is 0 Å². The molecular formula is C36H52Cl2N4O8. The van der Waals surface area contributed by atoms with Crippen molar-refractivity contribution in [3.63, 3.8) is 0 Å². The summed E-state index contributed by atoms with van der Waals surface area (Å²) in [5.74, 6) is -2.51. The number of carbonyl (C=O) groups is 4. The number of carbonyl (C=O) groups excluding carboxylic acids is 2. The molecule has 2 unspecified atom stereocenters. The maximum atomic E-state index is 12.6. The van der Waals surface area contributed by atoms with E-state index in [1.165, 1.54) is 12.8 Å². The van der Waals surface area contributed by atoms with Crippen LogP contribution in [0.3, 0.4) is 0 Å². The average Bonchev–Trinajstić information content (AvgIpc) is 3.02. The highest BCUT2D eigenvalue weighted by Crippen LogP contribution is 2.20. The Morgan fingerprint density at radius 2 is 0.900 bits per heavy atom. The Hall–Kier alpha value is -3.26. The van der Waals surface area contributed by atoms with Gasteiger partial charge in [-0.1, -0.05) is 50.9 Å². The van der Waals surface area contributed by atoms with E-state index in [2.05, 4.69) is 37.5 Å². The topological polar surface area (TPSA) is 162 Å². The van der Waals surface area contributed by atoms with Gasteiger partial charge in [0.15, 0.2) is 12.2 Å². The summed E-state index contributed by atoms with van der Waals surface area (Å²) in [5, 5.41) is 33.8. The van der Waals surface area contributed by atoms with Gasteiger partial charge in [-0.05, 0) is 99.4 Å². The molecule has 50 heavy (non-hydrogen) atoms. The Morgan fingerprint density at radius 3 is 1.10 bits per heavy atom. The van der Waals surface area contributed by atoms with E-state index in [-0.39, 0.29) is 23.9 Å². The third-order valence-corrected chi connectivity index (χ3v) is 9.45. The number of amides is 2. The van der Waals surface area contributed by atoms with Crippen LogP contribution in [0.1, 0.15) is 61.3 Å². The fraction of sp³-hybridized carbons (Fsp3) is 0.556. The second kappa shape index (κ2) is 20.6. The first-order valence-electron chi connectivity index (χ1n) is 16.8. The van der Waals surface area contributed by atoms with Gasteiger partial charge >= 0.3 is 11.9 Å². The molecule has 2 heterocycles. The quantitative estimate of drug-likeness (QED) is 0.235. The fourth-order valence-electron chi connectivity index (χ4n) is 5.38. The normalized spacial score (nSPS) is 16.6. The number of likely N-dealkylation sites (tertiary alicyclic amines) is 2. The van der Waals surface area contributed by atoms with Crippen LogP contribution in [-0.4, -0.2) is 141 Å². The molecule has 2 aromatic rings. The van der Waals surface area contributed by atoms with Gasteiger partial charge in [0.1, 0.15) is 0 Å². The molecule has 2 saturated heterocycles. The van der Waals surface area contributed by atoms with Crippen LogP contribution in [0.15, 0.2) is 48.5 Å². The van der Waals surface area contributed by atoms with Crippen LogP contribution in [0.2, 0.25) is 10.0 Å². The second-order valence-electron chi connectivity index (χ2n) is 13.3. The van der Waals surface area contributed by atoms with Gasteiger partial charge in [-0.2, -0.15) is 0 Å². The Labute approximate surface area is 305 Å². The van der Waals surface area contributed by atoms with E-state index in [9.17, 15) is 19.2 Å². The number of hydrogen-bond donors (Lipinski definition) is 4. The Morgan fingerprint density at radius 1 is 0.620 bits per heavy atom. The summed E-state index contributed by atoms with van der Waals surface area (Å²) in [7, 11) is 3.81. The zero-order valence-corrected chi connectivity index (χ0v) is 31.2. The van der Waals surface area contributed by atoms with Crippen LogP contribution in [0.25, 0.3) is 0 Å². The van der Waals surface area contributed by atoms with Gasteiger partial charge in [-0.3, -0.25) is 9.59 Å². The summed E-state index contributed by atoms with van der Waals surface area (Å²) in [6.07, 6.45) is -1.98. The number of likely N-dealkylation sites (N-methyl/N-ethyl adjacent to an activating group) is 2. The van der Waals surface area contributed by atoms with E-state index in [1.54, 1.807) is 48.5 Å². The molecule has 2 aliphatic rings. The van der Waals surface area contributed by atoms with Crippen LogP contribution in [0.5, 0.6) is 0 Å². The molecule has 2 aliphatic heterocycles. The third-order valence-electron chi connectivity index (χ3n) is 8.95. The lowest BCUT2D eigenvalue weighted by Gasteiger charge is -2.39. The molecule has 4 atom stereocenters. The highest BCUT2D eigenvalue weighted by molar-refractivity contribution is 6.31. The SMILES string of the molecule is CC(C)[C@@H](CN1CCC1)N(C)C(=O)c1ccc(Cl)cc1.CC(C)[C@@H](CN1CCC1)N(C)C(=O)c1ccc(Cl)cc1.O=C(O)C(O)C(O)C(=O)O. The van der Waals surface area contributed by atoms with Crippen molar-refractivity contribution in [2.75, 3.05) is 53.4 Å². The number of nitrogens with zero attached hydrogens (tertiary/aromatic N) is 4. The van der Waals surface area contributed by atoms with Gasteiger partial charge in [-0.15, -0.1) is 0 Å². The first-order valence-corrected chi connectivity index (χ1v) is 17.5. The number of carboxylic acid groups (broad SMARTS) is 2. The lowest BCUT2D eigenvalue weighted by Crippen LogP contribution is -2.51. The van der Waals surface area contributed by atoms with Crippen molar-refractivity contribution in [2.24, 2.45) is 11.8 Å². The highest BCUT2D eigenvalue weighted by atomic mass is 35.5. The smallest absolute Gasteiger partial charge is 0.335 e. The fourth-order valence-corrected chi connectivity index (χ4v) is 5.63. The van der Waals surface area contributed by atoms with Gasteiger partial charge in [0.05, 0.1) is 0 Å². The second-order valence-corrected chi connectivity index (χ2v) is 14.2. The van der Waals surface area contributed by atoms with Crippen molar-refractivity contribution in [3.8, 4) is 0 Å². The Balaban J connectivity index is 0.000000276. The average molecular weight is 740 g/mol. The molecule has 12 nitrogen and oxygen atoms in total. The molecule has 0 aliphatic carbocycles. The van der Waals surface area contributed by atoms with Crippen molar-refractivity contribution in [1.82, 2.24) is 19.6 Å². The summed E-state index contributed by atoms with van der Waals surface area (Å²) < 4.78 is 0. The zero-order chi connectivity index (χ0) is 37.7. The van der Waals surface area contributed by atoms with Crippen molar-refractivity contribution in [1.29, 1.82) is 0 Å². The number of hydrogen-bond acceptors (Lipinski definition) is 8. The minimum absolute atomic E-state index is 0.0703. The standard InChI is InChI=1S/2C16H23ClN2O.C4H6O6/c2*1-12(2)15(11-19-9-4-10-19)18(3)16(20)13-5-7-14(17)8-6-13;5-1(3(7)8)2(6)4(9)10/h2*5-8,12,15H,4,9-11H2,1-3H3;1-2,5-6H,(H,7,8)(H,9,10)/t2*15-;/m11./s1. The lowest BCUT2D eigenvalue weighted by atomic mass is 10.00. The first kappa shape index (κ1) is 42.9. The predicted molar refractivity (Wildman–Crippen MR) is 194 cm³/mol. The molecule has 4 rings (SSSR count). The molecule has 0 radical (unpaired) electrons.